The first-order valence-corrected chi connectivity index (χ1v) is 7.23. The molecule has 120 valence electrons. The standard InChI is InChI=1S/C16H13FN6O/c1-8-6-10(21-20-8)15-14-11(22-23-15)7-18-16(19-14)13-9(17)4-3-5-12(13)24-2/h3-7H,1-2H3,(H,20,21)(H,22,23). The van der Waals surface area contributed by atoms with E-state index in [9.17, 15) is 4.39 Å². The highest BCUT2D eigenvalue weighted by atomic mass is 19.1. The second-order valence-electron chi connectivity index (χ2n) is 5.27. The average molecular weight is 324 g/mol. The topological polar surface area (TPSA) is 92.4 Å². The van der Waals surface area contributed by atoms with Gasteiger partial charge in [-0.2, -0.15) is 10.2 Å². The van der Waals surface area contributed by atoms with Gasteiger partial charge in [-0.3, -0.25) is 10.2 Å². The Morgan fingerprint density at radius 3 is 2.79 bits per heavy atom. The molecule has 0 aliphatic rings. The molecule has 3 heterocycles. The van der Waals surface area contributed by atoms with Crippen LogP contribution < -0.4 is 4.74 Å². The predicted octanol–water partition coefficient (Wildman–Crippen LogP) is 2.87. The Morgan fingerprint density at radius 1 is 1.17 bits per heavy atom. The molecule has 4 aromatic rings. The van der Waals surface area contributed by atoms with Gasteiger partial charge in [0.25, 0.3) is 0 Å². The maximum absolute atomic E-state index is 14.3. The van der Waals surface area contributed by atoms with Crippen LogP contribution in [-0.4, -0.2) is 37.5 Å². The van der Waals surface area contributed by atoms with E-state index in [0.29, 0.717) is 22.5 Å². The van der Waals surface area contributed by atoms with Gasteiger partial charge in [-0.05, 0) is 25.1 Å². The van der Waals surface area contributed by atoms with Crippen molar-refractivity contribution in [3.05, 3.63) is 42.0 Å². The van der Waals surface area contributed by atoms with E-state index >= 15 is 0 Å². The number of benzene rings is 1. The van der Waals surface area contributed by atoms with Gasteiger partial charge in [0.05, 0.1) is 30.3 Å². The van der Waals surface area contributed by atoms with Crippen LogP contribution in [0.4, 0.5) is 4.39 Å². The highest BCUT2D eigenvalue weighted by Crippen LogP contribution is 2.32. The third-order valence-electron chi connectivity index (χ3n) is 3.68. The van der Waals surface area contributed by atoms with Crippen LogP contribution in [0.1, 0.15) is 5.69 Å². The summed E-state index contributed by atoms with van der Waals surface area (Å²) in [6, 6.07) is 6.45. The Bertz CT molecular complexity index is 1040. The third-order valence-corrected chi connectivity index (χ3v) is 3.68. The number of fused-ring (bicyclic) bond motifs is 1. The Hall–Kier alpha value is -3.29. The fourth-order valence-electron chi connectivity index (χ4n) is 2.56. The summed E-state index contributed by atoms with van der Waals surface area (Å²) in [6.45, 7) is 1.87. The first-order valence-electron chi connectivity index (χ1n) is 7.23. The third kappa shape index (κ3) is 2.19. The zero-order valence-electron chi connectivity index (χ0n) is 13.0. The average Bonchev–Trinajstić information content (AvgIpc) is 3.19. The van der Waals surface area contributed by atoms with Crippen molar-refractivity contribution in [2.75, 3.05) is 7.11 Å². The predicted molar refractivity (Wildman–Crippen MR) is 85.9 cm³/mol. The molecule has 0 aliphatic carbocycles. The molecule has 0 amide bonds. The number of hydrogen-bond donors (Lipinski definition) is 2. The minimum absolute atomic E-state index is 0.217. The molecule has 0 unspecified atom stereocenters. The molecule has 7 nitrogen and oxygen atoms in total. The summed E-state index contributed by atoms with van der Waals surface area (Å²) in [5, 5.41) is 14.1. The van der Waals surface area contributed by atoms with Crippen LogP contribution in [0.25, 0.3) is 33.8 Å². The number of rotatable bonds is 3. The summed E-state index contributed by atoms with van der Waals surface area (Å²) >= 11 is 0. The van der Waals surface area contributed by atoms with Gasteiger partial charge in [0.2, 0.25) is 0 Å². The fraction of sp³-hybridized carbons (Fsp3) is 0.125. The summed E-state index contributed by atoms with van der Waals surface area (Å²) in [5.41, 5.74) is 3.61. The minimum Gasteiger partial charge on any atom is -0.496 e. The second-order valence-corrected chi connectivity index (χ2v) is 5.27. The van der Waals surface area contributed by atoms with Crippen molar-refractivity contribution in [1.82, 2.24) is 30.4 Å². The Kier molecular flexibility index (Phi) is 3.23. The largest absolute Gasteiger partial charge is 0.496 e. The monoisotopic (exact) mass is 324 g/mol. The van der Waals surface area contributed by atoms with E-state index in [1.807, 2.05) is 13.0 Å². The van der Waals surface area contributed by atoms with Crippen molar-refractivity contribution in [2.24, 2.45) is 0 Å². The van der Waals surface area contributed by atoms with E-state index in [1.54, 1.807) is 18.3 Å². The van der Waals surface area contributed by atoms with Gasteiger partial charge in [-0.25, -0.2) is 14.4 Å². The molecule has 0 bridgehead atoms. The lowest BCUT2D eigenvalue weighted by Gasteiger charge is -2.08. The normalized spacial score (nSPS) is 11.1. The first kappa shape index (κ1) is 14.3. The smallest absolute Gasteiger partial charge is 0.166 e. The van der Waals surface area contributed by atoms with Gasteiger partial charge < -0.3 is 4.74 Å². The molecule has 0 fully saturated rings. The van der Waals surface area contributed by atoms with Crippen LogP contribution in [0, 0.1) is 12.7 Å². The molecule has 0 radical (unpaired) electrons. The van der Waals surface area contributed by atoms with Gasteiger partial charge in [0.15, 0.2) is 5.82 Å². The molecular weight excluding hydrogens is 311 g/mol. The molecule has 3 aromatic heterocycles. The van der Waals surface area contributed by atoms with Crippen molar-refractivity contribution in [1.29, 1.82) is 0 Å². The Balaban J connectivity index is 1.93. The van der Waals surface area contributed by atoms with Crippen LogP contribution in [0.5, 0.6) is 5.75 Å². The van der Waals surface area contributed by atoms with Gasteiger partial charge in [-0.1, -0.05) is 6.07 Å². The number of halogens is 1. The van der Waals surface area contributed by atoms with Crippen molar-refractivity contribution < 1.29 is 9.13 Å². The number of H-pyrrole nitrogens is 2. The van der Waals surface area contributed by atoms with Crippen LogP contribution in [0.3, 0.4) is 0 Å². The number of aryl methyl sites for hydroxylation is 1. The van der Waals surface area contributed by atoms with Crippen LogP contribution in [-0.2, 0) is 0 Å². The number of aromatic amines is 2. The maximum atomic E-state index is 14.3. The lowest BCUT2D eigenvalue weighted by Crippen LogP contribution is -1.96. The molecule has 0 saturated heterocycles. The van der Waals surface area contributed by atoms with Crippen molar-refractivity contribution >= 4 is 11.0 Å². The highest BCUT2D eigenvalue weighted by Gasteiger charge is 2.18. The molecule has 0 spiro atoms. The number of methoxy groups -OCH3 is 1. The van der Waals surface area contributed by atoms with E-state index < -0.39 is 5.82 Å². The number of aromatic nitrogens is 6. The van der Waals surface area contributed by atoms with E-state index in [-0.39, 0.29) is 11.4 Å². The van der Waals surface area contributed by atoms with Gasteiger partial charge in [0.1, 0.15) is 28.3 Å². The Labute approximate surface area is 135 Å². The summed E-state index contributed by atoms with van der Waals surface area (Å²) in [5.74, 6) is 0.157. The zero-order valence-corrected chi connectivity index (χ0v) is 13.0. The van der Waals surface area contributed by atoms with Crippen molar-refractivity contribution in [2.45, 2.75) is 6.92 Å². The molecule has 1 aromatic carbocycles. The van der Waals surface area contributed by atoms with Crippen LogP contribution >= 0.6 is 0 Å². The summed E-state index contributed by atoms with van der Waals surface area (Å²) in [6.07, 6.45) is 1.57. The lowest BCUT2D eigenvalue weighted by molar-refractivity contribution is 0.413. The van der Waals surface area contributed by atoms with E-state index in [4.69, 9.17) is 4.74 Å². The van der Waals surface area contributed by atoms with E-state index in [0.717, 1.165) is 11.4 Å². The van der Waals surface area contributed by atoms with Crippen molar-refractivity contribution in [3.8, 4) is 28.5 Å². The first-order chi connectivity index (χ1) is 11.7. The van der Waals surface area contributed by atoms with Crippen LogP contribution in [0.2, 0.25) is 0 Å². The molecule has 0 aliphatic heterocycles. The number of nitrogens with zero attached hydrogens (tertiary/aromatic N) is 4. The quantitative estimate of drug-likeness (QED) is 0.604. The molecular formula is C16H13FN6O. The molecule has 24 heavy (non-hydrogen) atoms. The van der Waals surface area contributed by atoms with E-state index in [2.05, 4.69) is 30.4 Å². The highest BCUT2D eigenvalue weighted by molar-refractivity contribution is 5.89. The second kappa shape index (κ2) is 5.41. The van der Waals surface area contributed by atoms with Gasteiger partial charge >= 0.3 is 0 Å². The molecule has 2 N–H and O–H groups in total. The fourth-order valence-corrected chi connectivity index (χ4v) is 2.56. The number of hydrogen-bond acceptors (Lipinski definition) is 5. The number of ether oxygens (including phenoxy) is 1. The molecule has 4 rings (SSSR count). The van der Waals surface area contributed by atoms with Gasteiger partial charge in [-0.15, -0.1) is 0 Å². The zero-order chi connectivity index (χ0) is 16.7. The lowest BCUT2D eigenvalue weighted by atomic mass is 10.1. The molecule has 0 atom stereocenters. The summed E-state index contributed by atoms with van der Waals surface area (Å²) in [4.78, 5) is 8.72. The Morgan fingerprint density at radius 2 is 2.04 bits per heavy atom. The number of nitrogens with one attached hydrogen (secondary N) is 2. The van der Waals surface area contributed by atoms with Crippen molar-refractivity contribution in [3.63, 3.8) is 0 Å². The van der Waals surface area contributed by atoms with Gasteiger partial charge in [0, 0.05) is 0 Å². The maximum Gasteiger partial charge on any atom is 0.166 e. The minimum atomic E-state index is -0.448. The summed E-state index contributed by atoms with van der Waals surface area (Å²) < 4.78 is 19.5. The summed E-state index contributed by atoms with van der Waals surface area (Å²) in [7, 11) is 1.48. The van der Waals surface area contributed by atoms with E-state index in [1.165, 1.54) is 13.2 Å². The molecule has 8 heteroatoms. The SMILES string of the molecule is COc1cccc(F)c1-c1ncc2[nH]nc(-c3cc(C)n[nH]3)c2n1. The van der Waals surface area contributed by atoms with Crippen LogP contribution in [0.15, 0.2) is 30.5 Å². The molecule has 0 saturated carbocycles.